The van der Waals surface area contributed by atoms with Crippen LogP contribution in [0.25, 0.3) is 0 Å². The topological polar surface area (TPSA) is 93.0 Å². The van der Waals surface area contributed by atoms with E-state index in [-0.39, 0.29) is 35.3 Å². The molecule has 1 aromatic carbocycles. The highest BCUT2D eigenvalue weighted by atomic mass is 19.4. The summed E-state index contributed by atoms with van der Waals surface area (Å²) in [6.45, 7) is 1.90. The van der Waals surface area contributed by atoms with E-state index in [1.165, 1.54) is 27.9 Å². The molecule has 31 heavy (non-hydrogen) atoms. The number of benzene rings is 1. The van der Waals surface area contributed by atoms with Gasteiger partial charge in [0.2, 0.25) is 5.95 Å². The van der Waals surface area contributed by atoms with Crippen LogP contribution in [0.3, 0.4) is 0 Å². The Morgan fingerprint density at radius 2 is 1.87 bits per heavy atom. The van der Waals surface area contributed by atoms with Crippen LogP contribution in [0.2, 0.25) is 0 Å². The van der Waals surface area contributed by atoms with Crippen LogP contribution >= 0.6 is 0 Å². The normalized spacial score (nSPS) is 16.2. The standard InChI is InChI=1S/C19H14F4N6O2/c1-10-9-28(12-4-2-11(3-5-12)19(21,22)23)18(31)16-13(6-25-29(10)16)17(30)27-15-8-24-7-14(20)26-15/h2-8,10H,9H2,1H3,(H,26,27,30). The number of carbonyl (C=O) groups is 2. The lowest BCUT2D eigenvalue weighted by molar-refractivity contribution is -0.137. The fourth-order valence-corrected chi connectivity index (χ4v) is 3.27. The summed E-state index contributed by atoms with van der Waals surface area (Å²) in [4.78, 5) is 34.1. The van der Waals surface area contributed by atoms with Crippen molar-refractivity contribution in [2.75, 3.05) is 16.8 Å². The molecule has 0 radical (unpaired) electrons. The Labute approximate surface area is 172 Å². The van der Waals surface area contributed by atoms with Crippen LogP contribution in [0.5, 0.6) is 0 Å². The molecule has 3 heterocycles. The van der Waals surface area contributed by atoms with Crippen molar-refractivity contribution in [2.45, 2.75) is 19.1 Å². The maximum atomic E-state index is 13.2. The van der Waals surface area contributed by atoms with Gasteiger partial charge in [-0.3, -0.25) is 19.3 Å². The molecule has 8 nitrogen and oxygen atoms in total. The van der Waals surface area contributed by atoms with Crippen molar-refractivity contribution < 1.29 is 27.2 Å². The Balaban J connectivity index is 1.65. The molecule has 1 aliphatic heterocycles. The summed E-state index contributed by atoms with van der Waals surface area (Å²) < 4.78 is 53.1. The number of nitrogens with zero attached hydrogens (tertiary/aromatic N) is 5. The fraction of sp³-hybridized carbons (Fsp3) is 0.211. The number of hydrogen-bond donors (Lipinski definition) is 1. The van der Waals surface area contributed by atoms with Crippen molar-refractivity contribution in [1.82, 2.24) is 19.7 Å². The van der Waals surface area contributed by atoms with Gasteiger partial charge in [0.05, 0.1) is 35.8 Å². The number of rotatable bonds is 3. The van der Waals surface area contributed by atoms with Crippen LogP contribution in [-0.2, 0) is 6.18 Å². The molecular formula is C19H14F4N6O2. The minimum Gasteiger partial charge on any atom is -0.305 e. The minimum absolute atomic E-state index is 0.0412. The Morgan fingerprint density at radius 1 is 1.16 bits per heavy atom. The van der Waals surface area contributed by atoms with Gasteiger partial charge in [-0.15, -0.1) is 0 Å². The number of carbonyl (C=O) groups excluding carboxylic acids is 2. The summed E-state index contributed by atoms with van der Waals surface area (Å²) in [6.07, 6.45) is -1.30. The van der Waals surface area contributed by atoms with Crippen molar-refractivity contribution in [3.63, 3.8) is 0 Å². The second-order valence-corrected chi connectivity index (χ2v) is 6.84. The highest BCUT2D eigenvalue weighted by molar-refractivity contribution is 6.15. The first kappa shape index (κ1) is 20.4. The van der Waals surface area contributed by atoms with E-state index in [4.69, 9.17) is 0 Å². The van der Waals surface area contributed by atoms with Crippen molar-refractivity contribution in [3.05, 3.63) is 65.6 Å². The highest BCUT2D eigenvalue weighted by Gasteiger charge is 2.36. The van der Waals surface area contributed by atoms with Crippen LogP contribution in [0, 0.1) is 5.95 Å². The van der Waals surface area contributed by atoms with E-state index in [9.17, 15) is 27.2 Å². The first-order chi connectivity index (χ1) is 14.6. The lowest BCUT2D eigenvalue weighted by Gasteiger charge is -2.32. The number of amides is 2. The summed E-state index contributed by atoms with van der Waals surface area (Å²) in [6, 6.07) is 3.80. The van der Waals surface area contributed by atoms with Gasteiger partial charge in [0.1, 0.15) is 5.69 Å². The number of hydrogen-bond acceptors (Lipinski definition) is 5. The van der Waals surface area contributed by atoms with Gasteiger partial charge < -0.3 is 10.2 Å². The zero-order valence-corrected chi connectivity index (χ0v) is 15.9. The molecule has 0 saturated heterocycles. The van der Waals surface area contributed by atoms with Gasteiger partial charge >= 0.3 is 6.18 Å². The smallest absolute Gasteiger partial charge is 0.305 e. The molecule has 3 aromatic rings. The number of aromatic nitrogens is 4. The van der Waals surface area contributed by atoms with Gasteiger partial charge in [0, 0.05) is 12.2 Å². The summed E-state index contributed by atoms with van der Waals surface area (Å²) in [5.74, 6) is -2.41. The predicted octanol–water partition coefficient (Wildman–Crippen LogP) is 3.30. The van der Waals surface area contributed by atoms with E-state index in [2.05, 4.69) is 20.4 Å². The lowest BCUT2D eigenvalue weighted by atomic mass is 10.1. The monoisotopic (exact) mass is 434 g/mol. The SMILES string of the molecule is CC1CN(c2ccc(C(F)(F)F)cc2)C(=O)c2c(C(=O)Nc3cncc(F)n3)cnn21. The summed E-state index contributed by atoms with van der Waals surface area (Å²) in [5.41, 5.74) is -0.713. The minimum atomic E-state index is -4.50. The van der Waals surface area contributed by atoms with Crippen LogP contribution in [0.15, 0.2) is 42.9 Å². The number of alkyl halides is 3. The molecule has 0 fully saturated rings. The van der Waals surface area contributed by atoms with Gasteiger partial charge in [-0.1, -0.05) is 0 Å². The van der Waals surface area contributed by atoms with Crippen molar-refractivity contribution in [3.8, 4) is 0 Å². The van der Waals surface area contributed by atoms with Crippen molar-refractivity contribution >= 4 is 23.3 Å². The van der Waals surface area contributed by atoms with E-state index >= 15 is 0 Å². The third-order valence-electron chi connectivity index (χ3n) is 4.71. The lowest BCUT2D eigenvalue weighted by Crippen LogP contribution is -2.43. The second-order valence-electron chi connectivity index (χ2n) is 6.84. The molecule has 0 bridgehead atoms. The van der Waals surface area contributed by atoms with E-state index in [1.54, 1.807) is 6.92 Å². The van der Waals surface area contributed by atoms with Gasteiger partial charge in [-0.2, -0.15) is 27.6 Å². The Bertz CT molecular complexity index is 1160. The van der Waals surface area contributed by atoms with Crippen molar-refractivity contribution in [2.24, 2.45) is 0 Å². The van der Waals surface area contributed by atoms with Gasteiger partial charge in [0.15, 0.2) is 5.82 Å². The van der Waals surface area contributed by atoms with Gasteiger partial charge in [-0.05, 0) is 31.2 Å². The second kappa shape index (κ2) is 7.45. The molecular weight excluding hydrogens is 420 g/mol. The molecule has 4 rings (SSSR count). The van der Waals surface area contributed by atoms with E-state index in [1.807, 2.05) is 0 Å². The Kier molecular flexibility index (Phi) is 4.91. The van der Waals surface area contributed by atoms with Crippen LogP contribution < -0.4 is 10.2 Å². The maximum Gasteiger partial charge on any atom is 0.416 e. The predicted molar refractivity (Wildman–Crippen MR) is 100 cm³/mol. The summed E-state index contributed by atoms with van der Waals surface area (Å²) in [5, 5.41) is 6.44. The van der Waals surface area contributed by atoms with E-state index in [0.717, 1.165) is 24.5 Å². The first-order valence-corrected chi connectivity index (χ1v) is 9.00. The molecule has 0 saturated carbocycles. The molecule has 12 heteroatoms. The molecule has 1 N–H and O–H groups in total. The molecule has 0 aliphatic carbocycles. The number of fused-ring (bicyclic) bond motifs is 1. The molecule has 0 spiro atoms. The van der Waals surface area contributed by atoms with Crippen LogP contribution in [0.4, 0.5) is 29.1 Å². The molecule has 2 aromatic heterocycles. The molecule has 160 valence electrons. The molecule has 2 amide bonds. The summed E-state index contributed by atoms with van der Waals surface area (Å²) >= 11 is 0. The third-order valence-corrected chi connectivity index (χ3v) is 4.71. The number of nitrogens with one attached hydrogen (secondary N) is 1. The Hall–Kier alpha value is -3.83. The van der Waals surface area contributed by atoms with Crippen molar-refractivity contribution in [1.29, 1.82) is 0 Å². The van der Waals surface area contributed by atoms with E-state index in [0.29, 0.717) is 0 Å². The zero-order valence-electron chi connectivity index (χ0n) is 15.9. The molecule has 1 atom stereocenters. The van der Waals surface area contributed by atoms with Gasteiger partial charge in [0.25, 0.3) is 11.8 Å². The average molecular weight is 434 g/mol. The number of anilines is 2. The Morgan fingerprint density at radius 3 is 2.52 bits per heavy atom. The summed E-state index contributed by atoms with van der Waals surface area (Å²) in [7, 11) is 0. The first-order valence-electron chi connectivity index (χ1n) is 9.00. The zero-order chi connectivity index (χ0) is 22.3. The largest absolute Gasteiger partial charge is 0.416 e. The van der Waals surface area contributed by atoms with Crippen LogP contribution in [-0.4, -0.2) is 38.1 Å². The fourth-order valence-electron chi connectivity index (χ4n) is 3.27. The average Bonchev–Trinajstić information content (AvgIpc) is 3.16. The quantitative estimate of drug-likeness (QED) is 0.639. The number of halogens is 4. The van der Waals surface area contributed by atoms with Gasteiger partial charge in [-0.25, -0.2) is 0 Å². The molecule has 1 aliphatic rings. The van der Waals surface area contributed by atoms with E-state index < -0.39 is 29.5 Å². The molecule has 1 unspecified atom stereocenters. The van der Waals surface area contributed by atoms with Crippen LogP contribution in [0.1, 0.15) is 39.4 Å². The third kappa shape index (κ3) is 3.83. The highest BCUT2D eigenvalue weighted by Crippen LogP contribution is 2.32. The maximum absolute atomic E-state index is 13.2.